The van der Waals surface area contributed by atoms with Gasteiger partial charge in [0.2, 0.25) is 11.8 Å². The van der Waals surface area contributed by atoms with Gasteiger partial charge >= 0.3 is 6.18 Å². The highest BCUT2D eigenvalue weighted by molar-refractivity contribution is 5.98. The minimum Gasteiger partial charge on any atom is -0.480 e. The Morgan fingerprint density at radius 2 is 1.93 bits per heavy atom. The van der Waals surface area contributed by atoms with Crippen LogP contribution in [-0.2, 0) is 4.79 Å². The normalized spacial score (nSPS) is 17.5. The van der Waals surface area contributed by atoms with E-state index in [2.05, 4.69) is 25.4 Å². The number of rotatable bonds is 6. The number of ether oxygens (including phenoxy) is 1. The van der Waals surface area contributed by atoms with E-state index in [-0.39, 0.29) is 17.3 Å². The van der Waals surface area contributed by atoms with E-state index in [1.807, 2.05) is 6.07 Å². The number of fused-ring (bicyclic) bond motifs is 1. The quantitative estimate of drug-likeness (QED) is 0.318. The van der Waals surface area contributed by atoms with Crippen molar-refractivity contribution in [1.82, 2.24) is 34.8 Å². The largest absolute Gasteiger partial charge is 0.480 e. The van der Waals surface area contributed by atoms with Crippen LogP contribution in [0, 0.1) is 17.2 Å². The number of methoxy groups -OCH3 is 1. The number of aromatic nitrogens is 5. The Morgan fingerprint density at radius 1 is 1.16 bits per heavy atom. The van der Waals surface area contributed by atoms with Crippen LogP contribution in [0.15, 0.2) is 43.1 Å². The zero-order valence-corrected chi connectivity index (χ0v) is 22.6. The fraction of sp³-hybridized carbons (Fsp3) is 0.296. The molecule has 1 aliphatic rings. The molecule has 43 heavy (non-hydrogen) atoms. The van der Waals surface area contributed by atoms with Crippen LogP contribution in [0.25, 0.3) is 27.9 Å². The number of nitrogen functional groups attached to an aromatic ring is 1. The van der Waals surface area contributed by atoms with Crippen molar-refractivity contribution in [3.63, 3.8) is 0 Å². The van der Waals surface area contributed by atoms with Crippen LogP contribution in [0.4, 0.5) is 23.4 Å². The predicted octanol–water partition coefficient (Wildman–Crippen LogP) is 2.79. The number of nitrogens with zero attached hydrogens (tertiary/aromatic N) is 7. The standard InChI is InChI=1S/C27H23F4N9O3/c1-13(27(29,30)31)26(42)39-10-19(28)20(11-39)38-24(41)18-4-16(9-35-25(18)43-2)21-5-17(15-3-14(6-32)7-34-8-15)22-23(33)36-12-37-40(21)22/h3-5,7-9,12-13,19-20H,10-11H2,1-2H3,(H,38,41)(H2,33,36,37). The summed E-state index contributed by atoms with van der Waals surface area (Å²) < 4.78 is 60.6. The number of halogens is 4. The van der Waals surface area contributed by atoms with Gasteiger partial charge in [-0.15, -0.1) is 0 Å². The van der Waals surface area contributed by atoms with Gasteiger partial charge < -0.3 is 20.7 Å². The van der Waals surface area contributed by atoms with Gasteiger partial charge in [-0.05, 0) is 25.1 Å². The third-order valence-corrected chi connectivity index (χ3v) is 7.08. The summed E-state index contributed by atoms with van der Waals surface area (Å²) in [7, 11) is 1.28. The van der Waals surface area contributed by atoms with Crippen molar-refractivity contribution in [1.29, 1.82) is 5.26 Å². The minimum absolute atomic E-state index is 0.102. The Balaban J connectivity index is 1.48. The number of carbonyl (C=O) groups is 2. The number of hydrogen-bond donors (Lipinski definition) is 2. The molecular weight excluding hydrogens is 574 g/mol. The first-order chi connectivity index (χ1) is 20.4. The van der Waals surface area contributed by atoms with Gasteiger partial charge in [0.15, 0.2) is 5.82 Å². The molecule has 12 nitrogen and oxygen atoms in total. The second-order valence-electron chi connectivity index (χ2n) is 9.81. The van der Waals surface area contributed by atoms with Crippen LogP contribution in [0.1, 0.15) is 22.8 Å². The molecule has 0 radical (unpaired) electrons. The van der Waals surface area contributed by atoms with Crippen molar-refractivity contribution >= 4 is 23.1 Å². The molecule has 16 heteroatoms. The Kier molecular flexibility index (Phi) is 7.57. The second-order valence-corrected chi connectivity index (χ2v) is 9.81. The predicted molar refractivity (Wildman–Crippen MR) is 143 cm³/mol. The minimum atomic E-state index is -4.78. The summed E-state index contributed by atoms with van der Waals surface area (Å²) in [5, 5.41) is 16.1. The average molecular weight is 598 g/mol. The molecule has 0 spiro atoms. The molecule has 0 aromatic carbocycles. The number of pyridine rings is 2. The molecule has 222 valence electrons. The number of carbonyl (C=O) groups excluding carboxylic acids is 2. The SMILES string of the molecule is COc1ncc(-c2cc(-c3cncc(C#N)c3)c3c(N)ncnn23)cc1C(=O)NC1CN(C(=O)C(C)C(F)(F)F)CC1F. The van der Waals surface area contributed by atoms with Gasteiger partial charge in [0.1, 0.15) is 35.6 Å². The van der Waals surface area contributed by atoms with Crippen LogP contribution < -0.4 is 15.8 Å². The summed E-state index contributed by atoms with van der Waals surface area (Å²) in [4.78, 5) is 38.7. The number of alkyl halides is 4. The van der Waals surface area contributed by atoms with Crippen LogP contribution in [0.3, 0.4) is 0 Å². The lowest BCUT2D eigenvalue weighted by atomic mass is 10.1. The number of likely N-dealkylation sites (tertiary alicyclic amines) is 1. The zero-order valence-electron chi connectivity index (χ0n) is 22.6. The van der Waals surface area contributed by atoms with E-state index < -0.39 is 49.2 Å². The first-order valence-electron chi connectivity index (χ1n) is 12.8. The van der Waals surface area contributed by atoms with E-state index in [1.165, 1.54) is 42.6 Å². The van der Waals surface area contributed by atoms with Gasteiger partial charge in [0.25, 0.3) is 5.91 Å². The first kappa shape index (κ1) is 29.2. The van der Waals surface area contributed by atoms with Crippen molar-refractivity contribution in [3.05, 3.63) is 54.2 Å². The molecule has 5 heterocycles. The second kappa shape index (κ2) is 11.2. The van der Waals surface area contributed by atoms with E-state index in [0.29, 0.717) is 40.4 Å². The lowest BCUT2D eigenvalue weighted by molar-refractivity contribution is -0.185. The summed E-state index contributed by atoms with van der Waals surface area (Å²) in [6.45, 7) is -0.336. The number of nitrogens with two attached hydrogens (primary N) is 1. The Morgan fingerprint density at radius 3 is 2.63 bits per heavy atom. The molecule has 0 aliphatic carbocycles. The summed E-state index contributed by atoms with van der Waals surface area (Å²) in [6.07, 6.45) is -0.995. The maximum absolute atomic E-state index is 14.8. The van der Waals surface area contributed by atoms with Crippen LogP contribution >= 0.6 is 0 Å². The number of nitriles is 1. The number of amides is 2. The van der Waals surface area contributed by atoms with Crippen LogP contribution in [0.5, 0.6) is 5.88 Å². The Bertz CT molecular complexity index is 1770. The van der Waals surface area contributed by atoms with Crippen LogP contribution in [0.2, 0.25) is 0 Å². The molecule has 2 amide bonds. The van der Waals surface area contributed by atoms with E-state index in [0.717, 1.165) is 4.90 Å². The number of anilines is 1. The molecule has 3 unspecified atom stereocenters. The summed E-state index contributed by atoms with van der Waals surface area (Å²) in [6, 6.07) is 5.49. The van der Waals surface area contributed by atoms with Gasteiger partial charge in [-0.25, -0.2) is 18.9 Å². The number of nitrogens with one attached hydrogen (secondary N) is 1. The first-order valence-corrected chi connectivity index (χ1v) is 12.8. The lowest BCUT2D eigenvalue weighted by Crippen LogP contribution is -2.43. The average Bonchev–Trinajstić information content (AvgIpc) is 3.57. The fourth-order valence-corrected chi connectivity index (χ4v) is 4.80. The van der Waals surface area contributed by atoms with E-state index >= 15 is 0 Å². The summed E-state index contributed by atoms with van der Waals surface area (Å²) >= 11 is 0. The third-order valence-electron chi connectivity index (χ3n) is 7.08. The van der Waals surface area contributed by atoms with Gasteiger partial charge in [-0.1, -0.05) is 0 Å². The maximum atomic E-state index is 14.8. The van der Waals surface area contributed by atoms with Crippen molar-refractivity contribution in [2.24, 2.45) is 5.92 Å². The molecule has 3 N–H and O–H groups in total. The molecule has 4 aromatic rings. The molecule has 3 atom stereocenters. The summed E-state index contributed by atoms with van der Waals surface area (Å²) in [5.74, 6) is -4.38. The topological polar surface area (TPSA) is 164 Å². The molecule has 1 aliphatic heterocycles. The van der Waals surface area contributed by atoms with Crippen LogP contribution in [-0.4, -0.2) is 79.9 Å². The van der Waals surface area contributed by atoms with Gasteiger partial charge in [0, 0.05) is 41.8 Å². The molecular formula is C27H23F4N9O3. The lowest BCUT2D eigenvalue weighted by Gasteiger charge is -2.22. The highest BCUT2D eigenvalue weighted by Gasteiger charge is 2.46. The maximum Gasteiger partial charge on any atom is 0.400 e. The monoisotopic (exact) mass is 597 g/mol. The molecule has 1 saturated heterocycles. The van der Waals surface area contributed by atoms with Crippen molar-refractivity contribution in [2.45, 2.75) is 25.3 Å². The van der Waals surface area contributed by atoms with Gasteiger partial charge in [0.05, 0.1) is 31.0 Å². The Labute approximate surface area is 241 Å². The van der Waals surface area contributed by atoms with Gasteiger partial charge in [-0.3, -0.25) is 14.6 Å². The molecule has 0 bridgehead atoms. The highest BCUT2D eigenvalue weighted by atomic mass is 19.4. The smallest absolute Gasteiger partial charge is 0.400 e. The zero-order chi connectivity index (χ0) is 31.1. The molecule has 5 rings (SSSR count). The number of hydrogen-bond acceptors (Lipinski definition) is 9. The Hall–Kier alpha value is -5.33. The van der Waals surface area contributed by atoms with Crippen molar-refractivity contribution in [3.8, 4) is 34.3 Å². The third kappa shape index (κ3) is 5.48. The van der Waals surface area contributed by atoms with Crippen molar-refractivity contribution < 1.29 is 31.9 Å². The summed E-state index contributed by atoms with van der Waals surface area (Å²) in [5.41, 5.74) is 8.68. The van der Waals surface area contributed by atoms with Gasteiger partial charge in [-0.2, -0.15) is 23.5 Å². The molecule has 4 aromatic heterocycles. The molecule has 1 fully saturated rings. The van der Waals surface area contributed by atoms with Crippen molar-refractivity contribution in [2.75, 3.05) is 25.9 Å². The van der Waals surface area contributed by atoms with E-state index in [9.17, 15) is 32.4 Å². The molecule has 0 saturated carbocycles. The van der Waals surface area contributed by atoms with E-state index in [4.69, 9.17) is 10.5 Å². The highest BCUT2D eigenvalue weighted by Crippen LogP contribution is 2.35. The fourth-order valence-electron chi connectivity index (χ4n) is 4.80. The van der Waals surface area contributed by atoms with E-state index in [1.54, 1.807) is 12.1 Å².